The number of benzene rings is 1. The predicted octanol–water partition coefficient (Wildman–Crippen LogP) is 3.93. The van der Waals surface area contributed by atoms with Gasteiger partial charge in [-0.2, -0.15) is 0 Å². The summed E-state index contributed by atoms with van der Waals surface area (Å²) in [6.07, 6.45) is 0. The Labute approximate surface area is 124 Å². The smallest absolute Gasteiger partial charge is 0.256 e. The molecule has 1 atom stereocenters. The summed E-state index contributed by atoms with van der Waals surface area (Å²) in [6.45, 7) is 4.07. The third-order valence-electron chi connectivity index (χ3n) is 3.53. The second-order valence-corrected chi connectivity index (χ2v) is 5.89. The van der Waals surface area contributed by atoms with Gasteiger partial charge in [-0.3, -0.25) is 4.79 Å². The molecule has 4 heteroatoms. The molecule has 106 valence electrons. The molecule has 1 N–H and O–H groups in total. The summed E-state index contributed by atoms with van der Waals surface area (Å²) < 4.78 is 0. The zero-order valence-electron chi connectivity index (χ0n) is 12.3. The van der Waals surface area contributed by atoms with Crippen molar-refractivity contribution in [2.45, 2.75) is 19.9 Å². The van der Waals surface area contributed by atoms with E-state index in [1.807, 2.05) is 50.7 Å². The average Bonchev–Trinajstić information content (AvgIpc) is 2.99. The van der Waals surface area contributed by atoms with Crippen molar-refractivity contribution in [1.29, 1.82) is 0 Å². The molecule has 0 spiro atoms. The number of aryl methyl sites for hydroxylation is 1. The van der Waals surface area contributed by atoms with Crippen molar-refractivity contribution in [2.75, 3.05) is 19.4 Å². The lowest BCUT2D eigenvalue weighted by molar-refractivity contribution is 0.0746. The molecule has 2 rings (SSSR count). The number of hydrogen-bond donors (Lipinski definition) is 1. The molecule has 0 aliphatic heterocycles. The Balaban J connectivity index is 2.27. The molecule has 1 unspecified atom stereocenters. The van der Waals surface area contributed by atoms with E-state index < -0.39 is 0 Å². The van der Waals surface area contributed by atoms with Gasteiger partial charge in [0.2, 0.25) is 0 Å². The Morgan fingerprint density at radius 2 is 2.10 bits per heavy atom. The highest BCUT2D eigenvalue weighted by atomic mass is 32.1. The first kappa shape index (κ1) is 14.6. The molecule has 0 aliphatic carbocycles. The van der Waals surface area contributed by atoms with Crippen molar-refractivity contribution in [3.8, 4) is 0 Å². The fraction of sp³-hybridized carbons (Fsp3) is 0.312. The molecule has 0 saturated carbocycles. The summed E-state index contributed by atoms with van der Waals surface area (Å²) in [4.78, 5) is 15.6. The first-order chi connectivity index (χ1) is 9.54. The first-order valence-corrected chi connectivity index (χ1v) is 7.51. The van der Waals surface area contributed by atoms with E-state index in [9.17, 15) is 4.79 Å². The molecule has 1 aromatic carbocycles. The molecule has 0 fully saturated rings. The van der Waals surface area contributed by atoms with Crippen molar-refractivity contribution in [2.24, 2.45) is 0 Å². The fourth-order valence-electron chi connectivity index (χ4n) is 2.14. The predicted molar refractivity (Wildman–Crippen MR) is 85.6 cm³/mol. The van der Waals surface area contributed by atoms with Crippen LogP contribution in [0.1, 0.15) is 33.8 Å². The lowest BCUT2D eigenvalue weighted by Crippen LogP contribution is -2.29. The van der Waals surface area contributed by atoms with E-state index in [0.29, 0.717) is 5.56 Å². The number of rotatable bonds is 4. The van der Waals surface area contributed by atoms with Crippen LogP contribution in [0, 0.1) is 6.92 Å². The normalized spacial score (nSPS) is 12.0. The third-order valence-corrected chi connectivity index (χ3v) is 4.57. The van der Waals surface area contributed by atoms with Crippen LogP contribution in [-0.4, -0.2) is 24.9 Å². The molecule has 3 nitrogen and oxygen atoms in total. The van der Waals surface area contributed by atoms with E-state index in [1.165, 1.54) is 4.88 Å². The van der Waals surface area contributed by atoms with E-state index >= 15 is 0 Å². The van der Waals surface area contributed by atoms with Crippen LogP contribution < -0.4 is 5.32 Å². The Hall–Kier alpha value is -1.81. The lowest BCUT2D eigenvalue weighted by atomic mass is 10.1. The summed E-state index contributed by atoms with van der Waals surface area (Å²) in [5.41, 5.74) is 2.73. The quantitative estimate of drug-likeness (QED) is 0.924. The van der Waals surface area contributed by atoms with Crippen molar-refractivity contribution >= 4 is 22.9 Å². The Morgan fingerprint density at radius 3 is 2.70 bits per heavy atom. The number of nitrogens with zero attached hydrogens (tertiary/aromatic N) is 1. The van der Waals surface area contributed by atoms with Crippen LogP contribution in [-0.2, 0) is 0 Å². The minimum absolute atomic E-state index is 0.0373. The average molecular weight is 288 g/mol. The fourth-order valence-corrected chi connectivity index (χ4v) is 2.96. The van der Waals surface area contributed by atoms with Crippen LogP contribution in [0.4, 0.5) is 5.69 Å². The second-order valence-electron chi connectivity index (χ2n) is 4.91. The van der Waals surface area contributed by atoms with E-state index in [-0.39, 0.29) is 11.9 Å². The van der Waals surface area contributed by atoms with Gasteiger partial charge in [0.25, 0.3) is 5.91 Å². The molecule has 1 aromatic heterocycles. The topological polar surface area (TPSA) is 32.3 Å². The monoisotopic (exact) mass is 288 g/mol. The molecule has 1 amide bonds. The van der Waals surface area contributed by atoms with Crippen molar-refractivity contribution in [3.05, 3.63) is 51.7 Å². The van der Waals surface area contributed by atoms with Crippen LogP contribution >= 0.6 is 11.3 Å². The van der Waals surface area contributed by atoms with Crippen LogP contribution in [0.3, 0.4) is 0 Å². The van der Waals surface area contributed by atoms with Crippen LogP contribution in [0.25, 0.3) is 0 Å². The molecule has 0 aliphatic rings. The minimum Gasteiger partial charge on any atom is -0.387 e. The maximum Gasteiger partial charge on any atom is 0.256 e. The van der Waals surface area contributed by atoms with Gasteiger partial charge >= 0.3 is 0 Å². The van der Waals surface area contributed by atoms with Crippen molar-refractivity contribution in [1.82, 2.24) is 4.90 Å². The maximum atomic E-state index is 12.7. The number of thiophene rings is 1. The number of anilines is 1. The summed E-state index contributed by atoms with van der Waals surface area (Å²) in [7, 11) is 3.69. The van der Waals surface area contributed by atoms with E-state index in [2.05, 4.69) is 18.3 Å². The van der Waals surface area contributed by atoms with Gasteiger partial charge in [0, 0.05) is 24.7 Å². The van der Waals surface area contributed by atoms with Crippen LogP contribution in [0.2, 0.25) is 0 Å². The molecular formula is C16H20N2OS. The summed E-state index contributed by atoms with van der Waals surface area (Å²) >= 11 is 1.67. The summed E-state index contributed by atoms with van der Waals surface area (Å²) in [5.74, 6) is 0.0373. The van der Waals surface area contributed by atoms with Crippen LogP contribution in [0.15, 0.2) is 35.7 Å². The van der Waals surface area contributed by atoms with Gasteiger partial charge in [-0.15, -0.1) is 11.3 Å². The second kappa shape index (κ2) is 6.09. The summed E-state index contributed by atoms with van der Waals surface area (Å²) in [5, 5.41) is 5.14. The van der Waals surface area contributed by atoms with Crippen molar-refractivity contribution in [3.63, 3.8) is 0 Å². The van der Waals surface area contributed by atoms with Gasteiger partial charge in [0.1, 0.15) is 0 Å². The summed E-state index contributed by atoms with van der Waals surface area (Å²) in [6, 6.07) is 10.0. The number of hydrogen-bond acceptors (Lipinski definition) is 3. The van der Waals surface area contributed by atoms with Gasteiger partial charge < -0.3 is 10.2 Å². The van der Waals surface area contributed by atoms with Gasteiger partial charge in [0.05, 0.1) is 11.6 Å². The largest absolute Gasteiger partial charge is 0.387 e. The highest BCUT2D eigenvalue weighted by molar-refractivity contribution is 7.10. The van der Waals surface area contributed by atoms with E-state index in [0.717, 1.165) is 11.3 Å². The first-order valence-electron chi connectivity index (χ1n) is 6.63. The van der Waals surface area contributed by atoms with Crippen LogP contribution in [0.5, 0.6) is 0 Å². The van der Waals surface area contributed by atoms with E-state index in [4.69, 9.17) is 0 Å². The number of carbonyl (C=O) groups is 1. The standard InChI is InChI=1S/C16H20N2OS/c1-11-7-8-13(14(10-11)17-3)16(19)18(4)12(2)15-6-5-9-20-15/h5-10,12,17H,1-4H3. The minimum atomic E-state index is 0.0373. The Morgan fingerprint density at radius 1 is 1.35 bits per heavy atom. The van der Waals surface area contributed by atoms with Gasteiger partial charge in [-0.25, -0.2) is 0 Å². The number of carbonyl (C=O) groups excluding carboxylic acids is 1. The number of amides is 1. The highest BCUT2D eigenvalue weighted by Gasteiger charge is 2.21. The molecule has 20 heavy (non-hydrogen) atoms. The molecule has 0 radical (unpaired) electrons. The molecule has 0 saturated heterocycles. The molecule has 0 bridgehead atoms. The molecular weight excluding hydrogens is 268 g/mol. The van der Waals surface area contributed by atoms with Gasteiger partial charge in [-0.05, 0) is 43.0 Å². The lowest BCUT2D eigenvalue weighted by Gasteiger charge is -2.25. The molecule has 1 heterocycles. The van der Waals surface area contributed by atoms with Gasteiger partial charge in [0.15, 0.2) is 0 Å². The maximum absolute atomic E-state index is 12.7. The molecule has 2 aromatic rings. The zero-order chi connectivity index (χ0) is 14.7. The van der Waals surface area contributed by atoms with Crippen molar-refractivity contribution < 1.29 is 4.79 Å². The Kier molecular flexibility index (Phi) is 4.45. The van der Waals surface area contributed by atoms with E-state index in [1.54, 1.807) is 16.2 Å². The third kappa shape index (κ3) is 2.85. The zero-order valence-corrected chi connectivity index (χ0v) is 13.1. The number of nitrogens with one attached hydrogen (secondary N) is 1. The highest BCUT2D eigenvalue weighted by Crippen LogP contribution is 2.26. The SMILES string of the molecule is CNc1cc(C)ccc1C(=O)N(C)C(C)c1cccs1. The Bertz CT molecular complexity index is 593. The van der Waals surface area contributed by atoms with Gasteiger partial charge in [-0.1, -0.05) is 12.1 Å².